The number of ether oxygens (including phenoxy) is 5. The van der Waals surface area contributed by atoms with Gasteiger partial charge in [-0.05, 0) is 206 Å². The van der Waals surface area contributed by atoms with E-state index in [2.05, 4.69) is 156 Å². The van der Waals surface area contributed by atoms with E-state index in [1.165, 1.54) is 40.7 Å². The van der Waals surface area contributed by atoms with Gasteiger partial charge < -0.3 is 51.1 Å². The number of hydrogen-bond acceptors (Lipinski definition) is 11. The summed E-state index contributed by atoms with van der Waals surface area (Å²) in [6, 6.07) is 46.9. The Bertz CT molecular complexity index is 3150. The molecule has 630 valence electrons. The molecule has 108 heavy (non-hydrogen) atoms. The van der Waals surface area contributed by atoms with Crippen molar-refractivity contribution in [3.63, 3.8) is 0 Å². The van der Waals surface area contributed by atoms with Gasteiger partial charge in [-0.25, -0.2) is 0 Å². The summed E-state index contributed by atoms with van der Waals surface area (Å²) in [5.41, 5.74) is 6.33. The Hall–Kier alpha value is -2.88. The second kappa shape index (κ2) is 66.4. The molecule has 0 amide bonds. The molecule has 11 nitrogen and oxygen atoms in total. The third kappa shape index (κ3) is 69.8. The Morgan fingerprint density at radius 2 is 0.796 bits per heavy atom. The first kappa shape index (κ1) is 116. The van der Waals surface area contributed by atoms with Gasteiger partial charge >= 0.3 is 0 Å². The van der Waals surface area contributed by atoms with Crippen LogP contribution >= 0.6 is 42.9 Å². The summed E-state index contributed by atoms with van der Waals surface area (Å²) < 4.78 is 98.8. The zero-order chi connectivity index (χ0) is 85.1. The number of benzene rings is 5. The number of rotatable bonds is 31. The second-order valence-electron chi connectivity index (χ2n) is 31.5. The fourth-order valence-corrected chi connectivity index (χ4v) is 14.8. The third-order valence-corrected chi connectivity index (χ3v) is 20.8. The van der Waals surface area contributed by atoms with Crippen LogP contribution in [0, 0.1) is 41.4 Å². The Kier molecular flexibility index (Phi) is 71.3. The van der Waals surface area contributed by atoms with E-state index in [4.69, 9.17) is 23.7 Å². The molecule has 6 rings (SSSR count). The third-order valence-electron chi connectivity index (χ3n) is 15.0. The van der Waals surface area contributed by atoms with E-state index in [1.807, 2.05) is 176 Å². The molecule has 0 aromatic heterocycles. The van der Waals surface area contributed by atoms with Crippen molar-refractivity contribution in [2.24, 2.45) is 41.4 Å². The zero-order valence-electron chi connectivity index (χ0n) is 76.2. The van der Waals surface area contributed by atoms with Crippen LogP contribution in [0.2, 0.25) is 0 Å². The van der Waals surface area contributed by atoms with Gasteiger partial charge in [-0.3, -0.25) is 0 Å². The quantitative estimate of drug-likeness (QED) is 0.0390. The van der Waals surface area contributed by atoms with Crippen LogP contribution in [-0.4, -0.2) is 131 Å². The molecule has 17 heteroatoms. The number of hydrogen-bond donors (Lipinski definition) is 0. The van der Waals surface area contributed by atoms with Gasteiger partial charge in [0.1, 0.15) is 48.1 Å². The lowest BCUT2D eigenvalue weighted by atomic mass is 9.89. The summed E-state index contributed by atoms with van der Waals surface area (Å²) in [6.45, 7) is 73.0. The largest absolute Gasteiger partial charge is 0.491 e. The van der Waals surface area contributed by atoms with E-state index >= 15 is 0 Å². The van der Waals surface area contributed by atoms with E-state index < -0.39 is 42.9 Å². The molecule has 0 heterocycles. The first-order chi connectivity index (χ1) is 50.3. The predicted molar refractivity (Wildman–Crippen MR) is 491 cm³/mol. The highest BCUT2D eigenvalue weighted by Gasteiger charge is 2.31. The summed E-state index contributed by atoms with van der Waals surface area (Å²) in [6.07, 6.45) is 10.4. The van der Waals surface area contributed by atoms with Crippen molar-refractivity contribution < 1.29 is 51.1 Å². The van der Waals surface area contributed by atoms with Crippen LogP contribution in [0.5, 0.6) is 5.75 Å². The molecule has 5 unspecified atom stereocenters. The first-order valence-corrected chi connectivity index (χ1v) is 57.5. The predicted octanol–water partition coefficient (Wildman–Crippen LogP) is 29.2. The highest BCUT2D eigenvalue weighted by Crippen LogP contribution is 2.43. The van der Waals surface area contributed by atoms with E-state index in [-0.39, 0.29) is 12.2 Å². The smallest absolute Gasteiger partial charge is 0.119 e. The minimum absolute atomic E-state index is 0.00608. The molecular weight excluding hydrogens is 1450 g/mol. The van der Waals surface area contributed by atoms with Crippen LogP contribution < -0.4 is 10.0 Å². The Balaban J connectivity index is -0.000000281. The van der Waals surface area contributed by atoms with Gasteiger partial charge in [-0.1, -0.05) is 294 Å². The summed E-state index contributed by atoms with van der Waals surface area (Å²) in [5.74, 6) is 5.53. The maximum atomic E-state index is 11.9. The lowest BCUT2D eigenvalue weighted by molar-refractivity contribution is 0.0315. The average Bonchev–Trinajstić information content (AvgIpc) is 1.22. The lowest BCUT2D eigenvalue weighted by Gasteiger charge is -2.24. The monoisotopic (exact) mass is 1630 g/mol. The van der Waals surface area contributed by atoms with E-state index in [0.717, 1.165) is 49.3 Å². The molecule has 0 spiro atoms. The zero-order valence-corrected chi connectivity index (χ0v) is 81.6. The van der Waals surface area contributed by atoms with E-state index in [0.29, 0.717) is 92.1 Å². The fourth-order valence-electron chi connectivity index (χ4n) is 10.6. The van der Waals surface area contributed by atoms with Gasteiger partial charge in [-0.15, -0.1) is 0 Å². The molecular formula is C91H170O11P6. The summed E-state index contributed by atoms with van der Waals surface area (Å²) in [5, 5.41) is 0.996. The average molecular weight is 1630 g/mol. The van der Waals surface area contributed by atoms with Gasteiger partial charge in [0, 0.05) is 17.4 Å². The Morgan fingerprint density at radius 3 is 1.19 bits per heavy atom. The van der Waals surface area contributed by atoms with Crippen molar-refractivity contribution in [3.8, 4) is 5.75 Å². The van der Waals surface area contributed by atoms with Crippen molar-refractivity contribution in [1.29, 1.82) is 0 Å². The molecule has 1 fully saturated rings. The minimum atomic E-state index is -2.14. The maximum absolute atomic E-state index is 11.9. The Morgan fingerprint density at radius 1 is 0.389 bits per heavy atom. The fraction of sp³-hybridized carbons (Fsp3) is 0.670. The van der Waals surface area contributed by atoms with Gasteiger partial charge in [0.15, 0.2) is 0 Å². The minimum Gasteiger partial charge on any atom is -0.491 e. The van der Waals surface area contributed by atoms with Crippen molar-refractivity contribution in [3.05, 3.63) is 167 Å². The molecule has 5 atom stereocenters. The van der Waals surface area contributed by atoms with Crippen LogP contribution in [0.25, 0.3) is 0 Å². The summed E-state index contributed by atoms with van der Waals surface area (Å²) >= 11 is 0. The maximum Gasteiger partial charge on any atom is 0.119 e. The molecule has 0 bridgehead atoms. The van der Waals surface area contributed by atoms with Crippen LogP contribution in [0.1, 0.15) is 238 Å². The van der Waals surface area contributed by atoms with E-state index in [1.54, 1.807) is 53.3 Å². The van der Waals surface area contributed by atoms with Crippen molar-refractivity contribution in [2.45, 2.75) is 242 Å². The van der Waals surface area contributed by atoms with Crippen LogP contribution in [0.4, 0.5) is 0 Å². The van der Waals surface area contributed by atoms with Crippen molar-refractivity contribution in [2.75, 3.05) is 119 Å². The Labute approximate surface area is 669 Å². The lowest BCUT2D eigenvalue weighted by Crippen LogP contribution is -2.24. The van der Waals surface area contributed by atoms with E-state index in [9.17, 15) is 27.4 Å². The highest BCUT2D eigenvalue weighted by molar-refractivity contribution is 7.70. The van der Waals surface area contributed by atoms with Gasteiger partial charge in [-0.2, -0.15) is 0 Å². The van der Waals surface area contributed by atoms with Gasteiger partial charge in [0.05, 0.1) is 57.5 Å². The van der Waals surface area contributed by atoms with Gasteiger partial charge in [0.2, 0.25) is 0 Å². The standard InChI is InChI=1S/C15H25O3P.2C14H23O2P.C13H21OP.C12H19OP.C11H23O2P.6C2H6/c1-13(2)10-15(18-12-19(3,4)16)11-17-14-8-6-5-7-9-14;1-12(2)14(10-16-11-17(3,4)15)13-8-6-5-7-9-13;1-12(2)10-14(16-11-17(3,4)15)13-8-6-5-7-9-13;1-11(2)8-12-6-5-7-13(9-12)10-15(3,4)14;1-10(2)8-11-6-5-7-12(9-11)14(3,4)13;1-9(2)10-6-5-7-11(10)13-8-14(3,4)12;6*1-2/h5-9,13,15H,10-12H2,1-4H3;2*5-9,12,14H,10-11H2,1-4H3;5-7,9,11H,8,10H2,1-4H3;5-7,9-10H,8H2,1-4H3;9-11H,5-8H2,1-4H3;6*1-2H3. The molecule has 1 saturated carbocycles. The summed E-state index contributed by atoms with van der Waals surface area (Å²) in [7, 11) is -12.3. The molecule has 1 aliphatic rings. The molecule has 5 aromatic carbocycles. The van der Waals surface area contributed by atoms with Crippen LogP contribution in [0.3, 0.4) is 0 Å². The second-order valence-corrected chi connectivity index (χ2v) is 51.8. The summed E-state index contributed by atoms with van der Waals surface area (Å²) in [4.78, 5) is 0. The van der Waals surface area contributed by atoms with Crippen LogP contribution in [-0.2, 0) is 65.3 Å². The van der Waals surface area contributed by atoms with Crippen LogP contribution in [0.15, 0.2) is 140 Å². The highest BCUT2D eigenvalue weighted by atomic mass is 31.2. The molecule has 1 aliphatic carbocycles. The van der Waals surface area contributed by atoms with Gasteiger partial charge in [0.25, 0.3) is 0 Å². The molecule has 0 aliphatic heterocycles. The van der Waals surface area contributed by atoms with Crippen molar-refractivity contribution in [1.82, 2.24) is 0 Å². The molecule has 0 N–H and O–H groups in total. The first-order valence-electron chi connectivity index (χ1n) is 40.9. The number of para-hydroxylation sites is 1. The molecule has 5 aromatic rings. The SMILES string of the molecule is CC.CC.CC.CC.CC.CC.CC(C)C(COCP(C)(C)=O)c1ccccc1.CC(C)C1CCCC1OCP(C)(C)=O.CC(C)CC(COc1ccccc1)OCP(C)(C)=O.CC(C)CC(OCP(C)(C)=O)c1ccccc1.CC(C)Cc1cccc(CP(C)(C)=O)c1.CC(C)Cc1cccc(P(C)(C)=O)c1. The molecule has 0 radical (unpaired) electrons. The molecule has 0 saturated heterocycles. The normalized spacial score (nSPS) is 14.1. The van der Waals surface area contributed by atoms with Crippen molar-refractivity contribution >= 4 is 48.2 Å². The topological polar surface area (TPSA) is 149 Å².